The van der Waals surface area contributed by atoms with Crippen LogP contribution < -0.4 is 15.0 Å². The highest BCUT2D eigenvalue weighted by Gasteiger charge is 2.33. The first-order valence-electron chi connectivity index (χ1n) is 15.7. The number of benzene rings is 5. The molecule has 0 saturated heterocycles. The number of nitrogens with zero attached hydrogens (tertiary/aromatic N) is 1. The molecule has 0 saturated carbocycles. The fourth-order valence-corrected chi connectivity index (χ4v) is 7.63. The number of H-pyrrole nitrogens is 1. The maximum absolute atomic E-state index is 14.1. The van der Waals surface area contributed by atoms with Crippen molar-refractivity contribution in [2.24, 2.45) is 7.05 Å². The van der Waals surface area contributed by atoms with Crippen LogP contribution in [0.2, 0.25) is 0 Å². The van der Waals surface area contributed by atoms with Crippen molar-refractivity contribution in [3.05, 3.63) is 148 Å². The average Bonchev–Trinajstić information content (AvgIpc) is 3.46. The summed E-state index contributed by atoms with van der Waals surface area (Å²) in [6.45, 7) is -0.0171. The summed E-state index contributed by atoms with van der Waals surface area (Å²) in [6.07, 6.45) is -4.73. The van der Waals surface area contributed by atoms with Gasteiger partial charge in [0.15, 0.2) is 0 Å². The highest BCUT2D eigenvalue weighted by molar-refractivity contribution is 7.89. The zero-order valence-electron chi connectivity index (χ0n) is 26.5. The molecule has 50 heavy (non-hydrogen) atoms. The summed E-state index contributed by atoms with van der Waals surface area (Å²) in [6, 6.07) is 31.6. The number of alkyl halides is 3. The highest BCUT2D eigenvalue weighted by atomic mass is 32.2. The van der Waals surface area contributed by atoms with Crippen LogP contribution in [0, 0.1) is 0 Å². The number of aryl methyl sites for hydroxylation is 1. The molecular formula is C38H30F3N3O5S. The molecule has 12 heteroatoms. The van der Waals surface area contributed by atoms with E-state index in [0.717, 1.165) is 28.3 Å². The van der Waals surface area contributed by atoms with Gasteiger partial charge in [0.1, 0.15) is 11.5 Å². The molecule has 0 spiro atoms. The maximum Gasteiger partial charge on any atom is 0.573 e. The van der Waals surface area contributed by atoms with Crippen molar-refractivity contribution in [3.63, 3.8) is 0 Å². The van der Waals surface area contributed by atoms with Crippen LogP contribution in [-0.2, 0) is 23.5 Å². The third-order valence-corrected chi connectivity index (χ3v) is 10.3. The summed E-state index contributed by atoms with van der Waals surface area (Å²) in [7, 11) is -2.34. The molecule has 0 aliphatic heterocycles. The summed E-state index contributed by atoms with van der Waals surface area (Å²) in [5.41, 5.74) is 2.20. The standard InChI is InChI=1S/C38H30F3N3O5S/c1-44-32-13-7-5-11-30(32)36(45)34(37(44)46)33(24-14-17-26(18-15-24)49-38(39,40)41)35-29(28-10-4-6-12-31(28)43-35)20-21-42-50(47,48)27-19-16-23-8-2-3-9-25(23)22-27/h2-19,22,33,42-43,45H,20-21H2,1H3. The number of fused-ring (bicyclic) bond motifs is 3. The second-order valence-electron chi connectivity index (χ2n) is 11.9. The van der Waals surface area contributed by atoms with Crippen LogP contribution in [0.15, 0.2) is 125 Å². The van der Waals surface area contributed by atoms with Crippen LogP contribution in [-0.4, -0.2) is 36.0 Å². The summed E-state index contributed by atoms with van der Waals surface area (Å²) in [5, 5.41) is 14.6. The van der Waals surface area contributed by atoms with Gasteiger partial charge in [-0.2, -0.15) is 0 Å². The number of sulfonamides is 1. The number of hydrogen-bond acceptors (Lipinski definition) is 5. The third kappa shape index (κ3) is 6.19. The molecule has 8 nitrogen and oxygen atoms in total. The van der Waals surface area contributed by atoms with E-state index in [1.165, 1.54) is 16.7 Å². The summed E-state index contributed by atoms with van der Waals surface area (Å²) >= 11 is 0. The number of nitrogens with one attached hydrogen (secondary N) is 2. The van der Waals surface area contributed by atoms with Gasteiger partial charge in [-0.15, -0.1) is 13.2 Å². The van der Waals surface area contributed by atoms with E-state index in [0.29, 0.717) is 33.2 Å². The van der Waals surface area contributed by atoms with Gasteiger partial charge in [0, 0.05) is 35.6 Å². The SMILES string of the molecule is Cn1c(=O)c(C(c2ccc(OC(F)(F)F)cc2)c2[nH]c3ccccc3c2CCNS(=O)(=O)c2ccc3ccccc3c2)c(O)c2ccccc21. The largest absolute Gasteiger partial charge is 0.573 e. The lowest BCUT2D eigenvalue weighted by atomic mass is 9.85. The molecular weight excluding hydrogens is 667 g/mol. The summed E-state index contributed by atoms with van der Waals surface area (Å²) in [5.74, 6) is -1.72. The van der Waals surface area contributed by atoms with E-state index in [-0.39, 0.29) is 29.2 Å². The van der Waals surface area contributed by atoms with Gasteiger partial charge in [-0.1, -0.05) is 72.8 Å². The van der Waals surface area contributed by atoms with E-state index in [1.807, 2.05) is 48.5 Å². The van der Waals surface area contributed by atoms with Gasteiger partial charge in [-0.3, -0.25) is 4.79 Å². The Hall–Kier alpha value is -5.59. The number of halogens is 3. The van der Waals surface area contributed by atoms with Crippen LogP contribution >= 0.6 is 0 Å². The fourth-order valence-electron chi connectivity index (χ4n) is 6.57. The van der Waals surface area contributed by atoms with E-state index in [4.69, 9.17) is 0 Å². The third-order valence-electron chi connectivity index (χ3n) is 8.88. The van der Waals surface area contributed by atoms with E-state index >= 15 is 0 Å². The first-order chi connectivity index (χ1) is 23.9. The minimum absolute atomic E-state index is 0.000222. The van der Waals surface area contributed by atoms with E-state index < -0.39 is 33.6 Å². The molecule has 0 amide bonds. The zero-order chi connectivity index (χ0) is 35.2. The predicted molar refractivity (Wildman–Crippen MR) is 186 cm³/mol. The fraction of sp³-hybridized carbons (Fsp3) is 0.132. The van der Waals surface area contributed by atoms with Crippen molar-refractivity contribution < 1.29 is 31.4 Å². The van der Waals surface area contributed by atoms with Crippen LogP contribution in [0.4, 0.5) is 13.2 Å². The number of ether oxygens (including phenoxy) is 1. The minimum atomic E-state index is -4.90. The van der Waals surface area contributed by atoms with E-state index in [9.17, 15) is 31.5 Å². The van der Waals surface area contributed by atoms with E-state index in [2.05, 4.69) is 14.4 Å². The number of rotatable bonds is 9. The second-order valence-corrected chi connectivity index (χ2v) is 13.7. The molecule has 0 fully saturated rings. The first-order valence-corrected chi connectivity index (χ1v) is 17.1. The average molecular weight is 698 g/mol. The lowest BCUT2D eigenvalue weighted by Gasteiger charge is -2.22. The molecule has 0 radical (unpaired) electrons. The molecule has 1 unspecified atom stereocenters. The van der Waals surface area contributed by atoms with Crippen LogP contribution in [0.5, 0.6) is 11.5 Å². The van der Waals surface area contributed by atoms with Crippen LogP contribution in [0.1, 0.15) is 28.3 Å². The van der Waals surface area contributed by atoms with E-state index in [1.54, 1.807) is 49.5 Å². The number of aromatic amines is 1. The molecule has 0 aliphatic rings. The van der Waals surface area contributed by atoms with Crippen molar-refractivity contribution in [1.82, 2.24) is 14.3 Å². The van der Waals surface area contributed by atoms with Gasteiger partial charge in [-0.25, -0.2) is 13.1 Å². The number of para-hydroxylation sites is 2. The molecule has 254 valence electrons. The predicted octanol–water partition coefficient (Wildman–Crippen LogP) is 7.48. The topological polar surface area (TPSA) is 113 Å². The number of aromatic hydroxyl groups is 1. The van der Waals surface area contributed by atoms with Crippen molar-refractivity contribution in [3.8, 4) is 11.5 Å². The molecule has 2 heterocycles. The Morgan fingerprint density at radius 1 is 0.860 bits per heavy atom. The molecule has 7 aromatic rings. The zero-order valence-corrected chi connectivity index (χ0v) is 27.3. The molecule has 2 aromatic heterocycles. The highest BCUT2D eigenvalue weighted by Crippen LogP contribution is 2.41. The molecule has 5 aromatic carbocycles. The molecule has 0 aliphatic carbocycles. The van der Waals surface area contributed by atoms with Gasteiger partial charge in [-0.05, 0) is 70.8 Å². The van der Waals surface area contributed by atoms with Crippen LogP contribution in [0.25, 0.3) is 32.6 Å². The Kier molecular flexibility index (Phi) is 8.36. The molecule has 7 rings (SSSR count). The smallest absolute Gasteiger partial charge is 0.507 e. The first kappa shape index (κ1) is 32.9. The molecule has 0 bridgehead atoms. The van der Waals surface area contributed by atoms with Crippen molar-refractivity contribution in [2.75, 3.05) is 6.54 Å². The Labute approximate surface area is 284 Å². The Morgan fingerprint density at radius 3 is 2.26 bits per heavy atom. The monoisotopic (exact) mass is 697 g/mol. The minimum Gasteiger partial charge on any atom is -0.507 e. The Morgan fingerprint density at radius 2 is 1.52 bits per heavy atom. The maximum atomic E-state index is 14.1. The Balaban J connectivity index is 1.34. The number of hydrogen-bond donors (Lipinski definition) is 3. The van der Waals surface area contributed by atoms with Crippen molar-refractivity contribution in [1.29, 1.82) is 0 Å². The van der Waals surface area contributed by atoms with Gasteiger partial charge in [0.05, 0.1) is 21.9 Å². The van der Waals surface area contributed by atoms with Gasteiger partial charge >= 0.3 is 6.36 Å². The van der Waals surface area contributed by atoms with Crippen LogP contribution in [0.3, 0.4) is 0 Å². The Bertz CT molecular complexity index is 2560. The molecule has 1 atom stereocenters. The van der Waals surface area contributed by atoms with Gasteiger partial charge < -0.3 is 19.4 Å². The molecule has 3 N–H and O–H groups in total. The quantitative estimate of drug-likeness (QED) is 0.145. The lowest BCUT2D eigenvalue weighted by molar-refractivity contribution is -0.274. The summed E-state index contributed by atoms with van der Waals surface area (Å²) in [4.78, 5) is 17.6. The number of pyridine rings is 1. The lowest BCUT2D eigenvalue weighted by Crippen LogP contribution is -2.27. The number of aromatic nitrogens is 2. The normalized spacial score (nSPS) is 12.9. The summed E-state index contributed by atoms with van der Waals surface area (Å²) < 4.78 is 74.1. The van der Waals surface area contributed by atoms with Crippen molar-refractivity contribution >= 4 is 42.6 Å². The second kappa shape index (κ2) is 12.7. The van der Waals surface area contributed by atoms with Gasteiger partial charge in [0.2, 0.25) is 10.0 Å². The van der Waals surface area contributed by atoms with Gasteiger partial charge in [0.25, 0.3) is 5.56 Å². The van der Waals surface area contributed by atoms with Crippen molar-refractivity contribution in [2.45, 2.75) is 23.6 Å².